The molecule has 6 nitrogen and oxygen atoms in total. The number of ether oxygens (including phenoxy) is 1. The number of nitrogens with zero attached hydrogens (tertiary/aromatic N) is 3. The average Bonchev–Trinajstić information content (AvgIpc) is 2.62. The van der Waals surface area contributed by atoms with Gasteiger partial charge in [0.1, 0.15) is 0 Å². The Bertz CT molecular complexity index is 668. The number of nitriles is 1. The van der Waals surface area contributed by atoms with Gasteiger partial charge >= 0.3 is 0 Å². The molecule has 0 aromatic heterocycles. The molecule has 0 saturated carbocycles. The van der Waals surface area contributed by atoms with Crippen molar-refractivity contribution in [3.8, 4) is 6.07 Å². The molecule has 23 heavy (non-hydrogen) atoms. The van der Waals surface area contributed by atoms with Crippen molar-refractivity contribution in [3.63, 3.8) is 0 Å². The van der Waals surface area contributed by atoms with Gasteiger partial charge in [-0.3, -0.25) is 4.90 Å². The van der Waals surface area contributed by atoms with Crippen molar-refractivity contribution in [2.75, 3.05) is 39.4 Å². The third-order valence-electron chi connectivity index (χ3n) is 4.61. The van der Waals surface area contributed by atoms with Gasteiger partial charge in [0.15, 0.2) is 0 Å². The van der Waals surface area contributed by atoms with E-state index in [1.165, 1.54) is 12.1 Å². The molecule has 124 valence electrons. The van der Waals surface area contributed by atoms with Crippen molar-refractivity contribution in [2.45, 2.75) is 23.8 Å². The number of hydrogen-bond acceptors (Lipinski definition) is 5. The van der Waals surface area contributed by atoms with Gasteiger partial charge in [-0.15, -0.1) is 0 Å². The Morgan fingerprint density at radius 2 is 1.65 bits per heavy atom. The normalized spacial score (nSPS) is 21.9. The van der Waals surface area contributed by atoms with Gasteiger partial charge in [-0.2, -0.15) is 9.57 Å². The highest BCUT2D eigenvalue weighted by molar-refractivity contribution is 7.89. The molecule has 2 aliphatic heterocycles. The summed E-state index contributed by atoms with van der Waals surface area (Å²) in [5.74, 6) is 0. The third kappa shape index (κ3) is 3.56. The highest BCUT2D eigenvalue weighted by Gasteiger charge is 2.32. The summed E-state index contributed by atoms with van der Waals surface area (Å²) in [5, 5.41) is 8.81. The van der Waals surface area contributed by atoms with Crippen LogP contribution in [0.5, 0.6) is 0 Å². The number of morpholine rings is 1. The van der Waals surface area contributed by atoms with Gasteiger partial charge in [-0.25, -0.2) is 8.42 Å². The second-order valence-corrected chi connectivity index (χ2v) is 7.86. The number of piperidine rings is 1. The summed E-state index contributed by atoms with van der Waals surface area (Å²) < 4.78 is 32.3. The molecule has 0 N–H and O–H groups in total. The number of rotatable bonds is 3. The summed E-state index contributed by atoms with van der Waals surface area (Å²) >= 11 is 0. The lowest BCUT2D eigenvalue weighted by molar-refractivity contribution is 0.00610. The van der Waals surface area contributed by atoms with Crippen LogP contribution in [0.2, 0.25) is 0 Å². The summed E-state index contributed by atoms with van der Waals surface area (Å²) in [5.41, 5.74) is 0.468. The molecule has 2 fully saturated rings. The molecule has 0 radical (unpaired) electrons. The van der Waals surface area contributed by atoms with Gasteiger partial charge in [0, 0.05) is 32.2 Å². The zero-order chi connectivity index (χ0) is 16.3. The van der Waals surface area contributed by atoms with Crippen LogP contribution in [0, 0.1) is 11.3 Å². The minimum Gasteiger partial charge on any atom is -0.379 e. The van der Waals surface area contributed by atoms with Crippen molar-refractivity contribution in [2.24, 2.45) is 0 Å². The van der Waals surface area contributed by atoms with E-state index < -0.39 is 10.0 Å². The van der Waals surface area contributed by atoms with E-state index in [9.17, 15) is 8.42 Å². The van der Waals surface area contributed by atoms with E-state index in [-0.39, 0.29) is 4.90 Å². The van der Waals surface area contributed by atoms with Gasteiger partial charge in [0.2, 0.25) is 10.0 Å². The Hall–Kier alpha value is -1.46. The maximum Gasteiger partial charge on any atom is 0.243 e. The topological polar surface area (TPSA) is 73.6 Å². The first-order valence-corrected chi connectivity index (χ1v) is 9.37. The lowest BCUT2D eigenvalue weighted by Gasteiger charge is -2.39. The van der Waals surface area contributed by atoms with Crippen LogP contribution in [0.1, 0.15) is 18.4 Å². The largest absolute Gasteiger partial charge is 0.379 e. The van der Waals surface area contributed by atoms with Gasteiger partial charge in [0.25, 0.3) is 0 Å². The molecule has 0 amide bonds. The molecule has 1 aromatic rings. The smallest absolute Gasteiger partial charge is 0.243 e. The maximum atomic E-state index is 12.7. The zero-order valence-corrected chi connectivity index (χ0v) is 13.8. The van der Waals surface area contributed by atoms with Crippen molar-refractivity contribution >= 4 is 10.0 Å². The monoisotopic (exact) mass is 335 g/mol. The molecule has 7 heteroatoms. The minimum absolute atomic E-state index is 0.265. The highest BCUT2D eigenvalue weighted by atomic mass is 32.2. The fourth-order valence-corrected chi connectivity index (χ4v) is 4.71. The second-order valence-electron chi connectivity index (χ2n) is 5.92. The van der Waals surface area contributed by atoms with E-state index in [1.807, 2.05) is 6.07 Å². The summed E-state index contributed by atoms with van der Waals surface area (Å²) in [4.78, 5) is 2.68. The van der Waals surface area contributed by atoms with Crippen LogP contribution in [0.25, 0.3) is 0 Å². The molecular weight excluding hydrogens is 314 g/mol. The Morgan fingerprint density at radius 1 is 1.04 bits per heavy atom. The molecule has 2 saturated heterocycles. The predicted octanol–water partition coefficient (Wildman–Crippen LogP) is 1.04. The van der Waals surface area contributed by atoms with E-state index >= 15 is 0 Å². The van der Waals surface area contributed by atoms with Gasteiger partial charge in [0.05, 0.1) is 29.7 Å². The fourth-order valence-electron chi connectivity index (χ4n) is 3.24. The van der Waals surface area contributed by atoms with Crippen molar-refractivity contribution in [1.29, 1.82) is 5.26 Å². The van der Waals surface area contributed by atoms with E-state index in [4.69, 9.17) is 10.00 Å². The molecule has 0 spiro atoms. The quantitative estimate of drug-likeness (QED) is 0.825. The van der Waals surface area contributed by atoms with E-state index in [0.717, 1.165) is 39.1 Å². The van der Waals surface area contributed by atoms with Gasteiger partial charge < -0.3 is 4.74 Å². The number of benzene rings is 1. The molecular formula is C16H21N3O3S. The number of sulfonamides is 1. The van der Waals surface area contributed by atoms with E-state index in [2.05, 4.69) is 4.90 Å². The SMILES string of the molecule is N#Cc1ccc(S(=O)(=O)N2CCC(N3CCOCC3)CC2)cc1. The highest BCUT2D eigenvalue weighted by Crippen LogP contribution is 2.23. The first kappa shape index (κ1) is 16.4. The van der Waals surface area contributed by atoms with Gasteiger partial charge in [-0.1, -0.05) is 0 Å². The predicted molar refractivity (Wildman–Crippen MR) is 85.3 cm³/mol. The Balaban J connectivity index is 1.64. The van der Waals surface area contributed by atoms with Crippen LogP contribution in [-0.4, -0.2) is 63.1 Å². The molecule has 0 unspecified atom stereocenters. The van der Waals surface area contributed by atoms with Crippen LogP contribution in [-0.2, 0) is 14.8 Å². The van der Waals surface area contributed by atoms with Crippen LogP contribution in [0.4, 0.5) is 0 Å². The molecule has 2 heterocycles. The van der Waals surface area contributed by atoms with E-state index in [0.29, 0.717) is 24.7 Å². The first-order valence-electron chi connectivity index (χ1n) is 7.93. The Kier molecular flexibility index (Phi) is 4.97. The van der Waals surface area contributed by atoms with Crippen molar-refractivity contribution in [1.82, 2.24) is 9.21 Å². The summed E-state index contributed by atoms with van der Waals surface area (Å²) in [6, 6.07) is 8.58. The van der Waals surface area contributed by atoms with Crippen molar-refractivity contribution < 1.29 is 13.2 Å². The summed E-state index contributed by atoms with van der Waals surface area (Å²) in [6.07, 6.45) is 1.71. The van der Waals surface area contributed by atoms with Gasteiger partial charge in [-0.05, 0) is 37.1 Å². The Labute approximate surface area is 137 Å². The summed E-state index contributed by atoms with van der Waals surface area (Å²) in [6.45, 7) is 4.50. The molecule has 0 aliphatic carbocycles. The molecule has 0 atom stereocenters. The molecule has 2 aliphatic rings. The average molecular weight is 335 g/mol. The fraction of sp³-hybridized carbons (Fsp3) is 0.562. The minimum atomic E-state index is -3.46. The third-order valence-corrected chi connectivity index (χ3v) is 6.52. The number of hydrogen-bond donors (Lipinski definition) is 0. The van der Waals surface area contributed by atoms with Crippen LogP contribution >= 0.6 is 0 Å². The van der Waals surface area contributed by atoms with Crippen LogP contribution in [0.3, 0.4) is 0 Å². The maximum absolute atomic E-state index is 12.7. The Morgan fingerprint density at radius 3 is 2.22 bits per heavy atom. The van der Waals surface area contributed by atoms with E-state index in [1.54, 1.807) is 16.4 Å². The van der Waals surface area contributed by atoms with Crippen molar-refractivity contribution in [3.05, 3.63) is 29.8 Å². The molecule has 0 bridgehead atoms. The summed E-state index contributed by atoms with van der Waals surface area (Å²) in [7, 11) is -3.46. The second kappa shape index (κ2) is 6.97. The molecule has 3 rings (SSSR count). The lowest BCUT2D eigenvalue weighted by atomic mass is 10.0. The lowest BCUT2D eigenvalue weighted by Crippen LogP contribution is -2.50. The molecule has 1 aromatic carbocycles. The first-order chi connectivity index (χ1) is 11.1. The standard InChI is InChI=1S/C16H21N3O3S/c17-13-14-1-3-16(4-2-14)23(20,21)19-7-5-15(6-8-19)18-9-11-22-12-10-18/h1-4,15H,5-12H2. The van der Waals surface area contributed by atoms with Crippen LogP contribution < -0.4 is 0 Å². The zero-order valence-electron chi connectivity index (χ0n) is 13.0. The van der Waals surface area contributed by atoms with Crippen LogP contribution in [0.15, 0.2) is 29.2 Å².